The number of rotatable bonds is 6. The maximum Gasteiger partial charge on any atom is 0.267 e. The monoisotopic (exact) mass is 212 g/mol. The molecule has 0 fully saturated rings. The Morgan fingerprint density at radius 2 is 1.92 bits per heavy atom. The molecule has 0 amide bonds. The molecule has 0 aromatic heterocycles. The first-order chi connectivity index (χ1) is 5.91. The second-order valence-electron chi connectivity index (χ2n) is 3.00. The summed E-state index contributed by atoms with van der Waals surface area (Å²) in [4.78, 5) is 0. The molecule has 0 spiro atoms. The van der Waals surface area contributed by atoms with Crippen LogP contribution < -0.4 is 0 Å². The standard InChI is InChI=1S/C7H16O5S/c1-2-3-7(13(10,11)12)4-6(9)5-8/h6-9H,2-5H2,1H3,(H,10,11,12). The van der Waals surface area contributed by atoms with Crippen LogP contribution in [0.3, 0.4) is 0 Å². The van der Waals surface area contributed by atoms with Gasteiger partial charge in [0.05, 0.1) is 18.0 Å². The van der Waals surface area contributed by atoms with Crippen LogP contribution >= 0.6 is 0 Å². The number of aliphatic hydroxyl groups is 2. The summed E-state index contributed by atoms with van der Waals surface area (Å²) in [5.74, 6) is 0. The zero-order valence-electron chi connectivity index (χ0n) is 7.55. The third-order valence-electron chi connectivity index (χ3n) is 1.78. The normalized spacial score (nSPS) is 16.9. The summed E-state index contributed by atoms with van der Waals surface area (Å²) < 4.78 is 30.2. The molecule has 0 saturated carbocycles. The summed E-state index contributed by atoms with van der Waals surface area (Å²) >= 11 is 0. The number of hydrogen-bond donors (Lipinski definition) is 3. The van der Waals surface area contributed by atoms with Crippen LogP contribution in [0.4, 0.5) is 0 Å². The van der Waals surface area contributed by atoms with Gasteiger partial charge in [0.15, 0.2) is 0 Å². The van der Waals surface area contributed by atoms with Gasteiger partial charge in [0.1, 0.15) is 0 Å². The van der Waals surface area contributed by atoms with Crippen LogP contribution in [0.15, 0.2) is 0 Å². The van der Waals surface area contributed by atoms with Gasteiger partial charge in [0.2, 0.25) is 0 Å². The quantitative estimate of drug-likeness (QED) is 0.529. The van der Waals surface area contributed by atoms with Gasteiger partial charge < -0.3 is 10.2 Å². The zero-order valence-corrected chi connectivity index (χ0v) is 8.37. The third-order valence-corrected chi connectivity index (χ3v) is 3.05. The Hall–Kier alpha value is -0.170. The largest absolute Gasteiger partial charge is 0.394 e. The molecular weight excluding hydrogens is 196 g/mol. The summed E-state index contributed by atoms with van der Waals surface area (Å²) in [6.07, 6.45) is -0.319. The van der Waals surface area contributed by atoms with E-state index in [1.54, 1.807) is 6.92 Å². The Morgan fingerprint density at radius 1 is 1.38 bits per heavy atom. The summed E-state index contributed by atoms with van der Waals surface area (Å²) in [6, 6.07) is 0. The van der Waals surface area contributed by atoms with Crippen LogP contribution in [-0.2, 0) is 10.1 Å². The molecule has 2 atom stereocenters. The molecule has 0 bridgehead atoms. The zero-order chi connectivity index (χ0) is 10.5. The molecule has 0 radical (unpaired) electrons. The summed E-state index contributed by atoms with van der Waals surface area (Å²) in [5, 5.41) is 16.5. The van der Waals surface area contributed by atoms with E-state index in [0.29, 0.717) is 6.42 Å². The lowest BCUT2D eigenvalue weighted by atomic mass is 10.1. The van der Waals surface area contributed by atoms with Crippen LogP contribution in [0, 0.1) is 0 Å². The highest BCUT2D eigenvalue weighted by Gasteiger charge is 2.24. The van der Waals surface area contributed by atoms with Crippen LogP contribution in [0.1, 0.15) is 26.2 Å². The van der Waals surface area contributed by atoms with E-state index >= 15 is 0 Å². The highest BCUT2D eigenvalue weighted by Crippen LogP contribution is 2.13. The Kier molecular flexibility index (Phi) is 5.46. The molecule has 80 valence electrons. The highest BCUT2D eigenvalue weighted by atomic mass is 32.2. The Balaban J connectivity index is 4.27. The fourth-order valence-corrected chi connectivity index (χ4v) is 2.09. The first-order valence-electron chi connectivity index (χ1n) is 4.17. The van der Waals surface area contributed by atoms with Gasteiger partial charge in [-0.3, -0.25) is 4.55 Å². The minimum absolute atomic E-state index is 0.122. The van der Waals surface area contributed by atoms with Gasteiger partial charge in [-0.15, -0.1) is 0 Å². The third kappa shape index (κ3) is 5.20. The van der Waals surface area contributed by atoms with Gasteiger partial charge in [-0.25, -0.2) is 0 Å². The van der Waals surface area contributed by atoms with Gasteiger partial charge in [-0.05, 0) is 12.8 Å². The number of hydrogen-bond acceptors (Lipinski definition) is 4. The van der Waals surface area contributed by atoms with Gasteiger partial charge >= 0.3 is 0 Å². The minimum atomic E-state index is -4.10. The van der Waals surface area contributed by atoms with Crippen molar-refractivity contribution in [2.75, 3.05) is 6.61 Å². The van der Waals surface area contributed by atoms with Crippen LogP contribution in [-0.4, -0.2) is 41.1 Å². The van der Waals surface area contributed by atoms with E-state index in [1.807, 2.05) is 0 Å². The van der Waals surface area contributed by atoms with Crippen molar-refractivity contribution in [2.45, 2.75) is 37.5 Å². The smallest absolute Gasteiger partial charge is 0.267 e. The highest BCUT2D eigenvalue weighted by molar-refractivity contribution is 7.86. The average molecular weight is 212 g/mol. The van der Waals surface area contributed by atoms with Gasteiger partial charge in [0, 0.05) is 0 Å². The molecule has 0 heterocycles. The Bertz CT molecular complexity index is 223. The molecule has 2 unspecified atom stereocenters. The van der Waals surface area contributed by atoms with Crippen molar-refractivity contribution in [3.05, 3.63) is 0 Å². The lowest BCUT2D eigenvalue weighted by Gasteiger charge is -2.15. The Labute approximate surface area is 78.1 Å². The summed E-state index contributed by atoms with van der Waals surface area (Å²) in [7, 11) is -4.10. The van der Waals surface area contributed by atoms with Crippen molar-refractivity contribution in [3.8, 4) is 0 Å². The average Bonchev–Trinajstić information content (AvgIpc) is 2.01. The topological polar surface area (TPSA) is 94.8 Å². The second kappa shape index (κ2) is 5.54. The van der Waals surface area contributed by atoms with E-state index < -0.39 is 28.1 Å². The molecule has 0 aliphatic rings. The SMILES string of the molecule is CCCC(CC(O)CO)S(=O)(=O)O. The van der Waals surface area contributed by atoms with Crippen molar-refractivity contribution in [3.63, 3.8) is 0 Å². The second-order valence-corrected chi connectivity index (χ2v) is 4.69. The first-order valence-corrected chi connectivity index (χ1v) is 5.67. The van der Waals surface area contributed by atoms with E-state index in [1.165, 1.54) is 0 Å². The molecule has 0 aliphatic carbocycles. The maximum absolute atomic E-state index is 10.7. The molecule has 6 heteroatoms. The molecule has 0 saturated heterocycles. The molecule has 0 rings (SSSR count). The summed E-state index contributed by atoms with van der Waals surface area (Å²) in [5.41, 5.74) is 0. The predicted molar refractivity (Wildman–Crippen MR) is 48.0 cm³/mol. The molecule has 3 N–H and O–H groups in total. The molecule has 13 heavy (non-hydrogen) atoms. The minimum Gasteiger partial charge on any atom is -0.394 e. The predicted octanol–water partition coefficient (Wildman–Crippen LogP) is -0.214. The van der Waals surface area contributed by atoms with Gasteiger partial charge in [-0.2, -0.15) is 8.42 Å². The molecule has 0 aromatic rings. The van der Waals surface area contributed by atoms with Crippen molar-refractivity contribution < 1.29 is 23.2 Å². The lowest BCUT2D eigenvalue weighted by Crippen LogP contribution is -2.27. The Morgan fingerprint density at radius 3 is 2.23 bits per heavy atom. The maximum atomic E-state index is 10.7. The van der Waals surface area contributed by atoms with Crippen LogP contribution in [0.5, 0.6) is 0 Å². The fraction of sp³-hybridized carbons (Fsp3) is 1.00. The van der Waals surface area contributed by atoms with E-state index in [9.17, 15) is 8.42 Å². The van der Waals surface area contributed by atoms with Crippen molar-refractivity contribution >= 4 is 10.1 Å². The lowest BCUT2D eigenvalue weighted by molar-refractivity contribution is 0.0862. The van der Waals surface area contributed by atoms with Gasteiger partial charge in [-0.1, -0.05) is 13.3 Å². The number of aliphatic hydroxyl groups excluding tert-OH is 2. The van der Waals surface area contributed by atoms with Crippen molar-refractivity contribution in [1.29, 1.82) is 0 Å². The fourth-order valence-electron chi connectivity index (χ4n) is 1.09. The van der Waals surface area contributed by atoms with Crippen LogP contribution in [0.25, 0.3) is 0 Å². The van der Waals surface area contributed by atoms with Gasteiger partial charge in [0.25, 0.3) is 10.1 Å². The summed E-state index contributed by atoms with van der Waals surface area (Å²) in [6.45, 7) is 1.29. The van der Waals surface area contributed by atoms with Crippen LogP contribution in [0.2, 0.25) is 0 Å². The molecule has 0 aliphatic heterocycles. The molecule has 0 aromatic carbocycles. The van der Waals surface area contributed by atoms with E-state index in [4.69, 9.17) is 14.8 Å². The van der Waals surface area contributed by atoms with E-state index in [2.05, 4.69) is 0 Å². The first kappa shape index (κ1) is 12.8. The van der Waals surface area contributed by atoms with Crippen molar-refractivity contribution in [2.24, 2.45) is 0 Å². The molecular formula is C7H16O5S. The van der Waals surface area contributed by atoms with E-state index in [-0.39, 0.29) is 12.8 Å². The van der Waals surface area contributed by atoms with E-state index in [0.717, 1.165) is 0 Å². The molecule has 5 nitrogen and oxygen atoms in total. The van der Waals surface area contributed by atoms with Crippen molar-refractivity contribution in [1.82, 2.24) is 0 Å².